The van der Waals surface area contributed by atoms with Crippen LogP contribution in [0.5, 0.6) is 0 Å². The number of nitro groups is 1. The van der Waals surface area contributed by atoms with Crippen LogP contribution in [0.2, 0.25) is 0 Å². The molecule has 0 aromatic heterocycles. The van der Waals surface area contributed by atoms with Gasteiger partial charge in [-0.25, -0.2) is 10.3 Å². The van der Waals surface area contributed by atoms with E-state index in [1.165, 1.54) is 18.2 Å². The van der Waals surface area contributed by atoms with Crippen molar-refractivity contribution in [3.8, 4) is 0 Å². The molecule has 0 spiro atoms. The number of para-hydroxylation sites is 2. The van der Waals surface area contributed by atoms with Crippen molar-refractivity contribution in [2.45, 2.75) is 30.5 Å². The fourth-order valence-corrected chi connectivity index (χ4v) is 7.29. The first-order valence-corrected chi connectivity index (χ1v) is 13.7. The second-order valence-electron chi connectivity index (χ2n) is 11.1. The van der Waals surface area contributed by atoms with E-state index in [4.69, 9.17) is 9.47 Å². The fourth-order valence-electron chi connectivity index (χ4n) is 7.29. The maximum absolute atomic E-state index is 14.4. The van der Waals surface area contributed by atoms with Crippen molar-refractivity contribution in [1.82, 2.24) is 5.43 Å². The summed E-state index contributed by atoms with van der Waals surface area (Å²) in [5, 5.41) is 16.3. The molecule has 42 heavy (non-hydrogen) atoms. The third-order valence-corrected chi connectivity index (χ3v) is 8.84. The molecule has 1 N–H and O–H groups in total. The molecule has 3 aliphatic carbocycles. The topological polar surface area (TPSA) is 140 Å². The monoisotopic (exact) mass is 566 g/mol. The largest absolute Gasteiger partial charge is 0.347 e. The highest BCUT2D eigenvalue weighted by atomic mass is 16.7. The van der Waals surface area contributed by atoms with Gasteiger partial charge in [0.25, 0.3) is 5.69 Å². The summed E-state index contributed by atoms with van der Waals surface area (Å²) in [4.78, 5) is 53.7. The number of hydrogen-bond donors (Lipinski definition) is 1. The molecule has 8 rings (SSSR count). The quantitative estimate of drug-likeness (QED) is 0.209. The molecule has 0 unspecified atom stereocenters. The molecule has 2 bridgehead atoms. The Morgan fingerprint density at radius 2 is 1.60 bits per heavy atom. The molecule has 3 amide bonds. The van der Waals surface area contributed by atoms with Crippen molar-refractivity contribution >= 4 is 35.3 Å². The highest BCUT2D eigenvalue weighted by Crippen LogP contribution is 2.63. The van der Waals surface area contributed by atoms with Gasteiger partial charge in [0.15, 0.2) is 5.79 Å². The molecule has 0 radical (unpaired) electrons. The zero-order chi connectivity index (χ0) is 29.2. The van der Waals surface area contributed by atoms with Crippen molar-refractivity contribution in [3.05, 3.63) is 105 Å². The first kappa shape index (κ1) is 26.2. The minimum Gasteiger partial charge on any atom is -0.347 e. The summed E-state index contributed by atoms with van der Waals surface area (Å²) in [5.41, 5.74) is 4.29. The maximum Gasteiger partial charge on any atom is 0.293 e. The summed E-state index contributed by atoms with van der Waals surface area (Å²) in [6.07, 6.45) is 1.46. The fraction of sp³-hybridized carbons (Fsp3) is 0.290. The summed E-state index contributed by atoms with van der Waals surface area (Å²) in [7, 11) is 0. The van der Waals surface area contributed by atoms with E-state index < -0.39 is 51.6 Å². The van der Waals surface area contributed by atoms with Gasteiger partial charge in [-0.2, -0.15) is 5.10 Å². The van der Waals surface area contributed by atoms with Crippen LogP contribution >= 0.6 is 0 Å². The molecular weight excluding hydrogens is 540 g/mol. The van der Waals surface area contributed by atoms with Crippen LogP contribution in [0.3, 0.4) is 0 Å². The Kier molecular flexibility index (Phi) is 5.86. The van der Waals surface area contributed by atoms with E-state index >= 15 is 0 Å². The van der Waals surface area contributed by atoms with Crippen molar-refractivity contribution in [2.24, 2.45) is 16.9 Å². The number of nitrogens with one attached hydrogen (secondary N) is 1. The molecular formula is C31H26N4O7. The van der Waals surface area contributed by atoms with Crippen LogP contribution in [-0.4, -0.2) is 47.9 Å². The zero-order valence-electron chi connectivity index (χ0n) is 22.6. The number of anilines is 1. The van der Waals surface area contributed by atoms with Crippen LogP contribution in [0.1, 0.15) is 41.5 Å². The molecule has 2 atom stereocenters. The van der Waals surface area contributed by atoms with Gasteiger partial charge in [0.2, 0.25) is 17.7 Å². The van der Waals surface area contributed by atoms with E-state index in [0.29, 0.717) is 13.2 Å². The van der Waals surface area contributed by atoms with E-state index in [0.717, 1.165) is 27.2 Å². The smallest absolute Gasteiger partial charge is 0.293 e. The average Bonchev–Trinajstić information content (AvgIpc) is 3.53. The molecule has 212 valence electrons. The normalized spacial score (nSPS) is 26.7. The van der Waals surface area contributed by atoms with Gasteiger partial charge in [-0.15, -0.1) is 0 Å². The van der Waals surface area contributed by atoms with E-state index in [1.54, 1.807) is 19.2 Å². The number of carbonyl (C=O) groups excluding carboxylic acids is 3. The Labute approximate surface area is 240 Å². The van der Waals surface area contributed by atoms with Gasteiger partial charge < -0.3 is 9.47 Å². The van der Waals surface area contributed by atoms with Crippen LogP contribution < -0.4 is 10.3 Å². The van der Waals surface area contributed by atoms with Crippen LogP contribution in [0.4, 0.5) is 11.4 Å². The van der Waals surface area contributed by atoms with Crippen LogP contribution in [0.25, 0.3) is 0 Å². The summed E-state index contributed by atoms with van der Waals surface area (Å²) in [6.45, 7) is 2.46. The minimum absolute atomic E-state index is 0.0652. The van der Waals surface area contributed by atoms with Gasteiger partial charge >= 0.3 is 0 Å². The Balaban J connectivity index is 1.37. The van der Waals surface area contributed by atoms with E-state index in [1.807, 2.05) is 48.5 Å². The van der Waals surface area contributed by atoms with E-state index in [-0.39, 0.29) is 17.8 Å². The lowest BCUT2D eigenvalue weighted by atomic mass is 9.47. The number of rotatable bonds is 6. The van der Waals surface area contributed by atoms with Gasteiger partial charge in [-0.3, -0.25) is 24.5 Å². The zero-order valence-corrected chi connectivity index (χ0v) is 22.6. The molecule has 3 aromatic rings. The van der Waals surface area contributed by atoms with Gasteiger partial charge in [0.05, 0.1) is 41.8 Å². The number of hydrogen-bond acceptors (Lipinski definition) is 8. The lowest BCUT2D eigenvalue weighted by Crippen LogP contribution is -2.54. The third kappa shape index (κ3) is 3.60. The maximum atomic E-state index is 14.4. The van der Waals surface area contributed by atoms with Gasteiger partial charge in [-0.1, -0.05) is 60.7 Å². The van der Waals surface area contributed by atoms with Crippen molar-refractivity contribution in [2.75, 3.05) is 18.1 Å². The van der Waals surface area contributed by atoms with Crippen LogP contribution in [0.15, 0.2) is 77.9 Å². The number of hydrazone groups is 1. The van der Waals surface area contributed by atoms with Crippen LogP contribution in [-0.2, 0) is 29.3 Å². The van der Waals surface area contributed by atoms with Crippen molar-refractivity contribution < 1.29 is 28.8 Å². The molecule has 0 saturated carbocycles. The van der Waals surface area contributed by atoms with E-state index in [9.17, 15) is 24.5 Å². The van der Waals surface area contributed by atoms with Crippen molar-refractivity contribution in [1.29, 1.82) is 0 Å². The molecule has 2 heterocycles. The van der Waals surface area contributed by atoms with Crippen LogP contribution in [0, 0.1) is 22.0 Å². The molecule has 2 aliphatic heterocycles. The van der Waals surface area contributed by atoms with Gasteiger partial charge in [-0.05, 0) is 35.2 Å². The number of nitro benzene ring substituents is 1. The minimum atomic E-state index is -1.23. The summed E-state index contributed by atoms with van der Waals surface area (Å²) in [6, 6.07) is 20.9. The lowest BCUT2D eigenvalue weighted by molar-refractivity contribution is -0.384. The second kappa shape index (κ2) is 9.40. The molecule has 2 saturated heterocycles. The van der Waals surface area contributed by atoms with Gasteiger partial charge in [0.1, 0.15) is 5.69 Å². The number of imide groups is 1. The summed E-state index contributed by atoms with van der Waals surface area (Å²) >= 11 is 0. The number of benzene rings is 3. The third-order valence-electron chi connectivity index (χ3n) is 8.84. The summed E-state index contributed by atoms with van der Waals surface area (Å²) < 4.78 is 11.1. The second-order valence-corrected chi connectivity index (χ2v) is 11.1. The van der Waals surface area contributed by atoms with Gasteiger partial charge in [0, 0.05) is 18.2 Å². The van der Waals surface area contributed by atoms with E-state index in [2.05, 4.69) is 10.5 Å². The highest BCUT2D eigenvalue weighted by Gasteiger charge is 2.68. The Morgan fingerprint density at radius 3 is 2.24 bits per heavy atom. The molecule has 11 nitrogen and oxygen atoms in total. The van der Waals surface area contributed by atoms with Crippen molar-refractivity contribution in [3.63, 3.8) is 0 Å². The molecule has 2 fully saturated rings. The Hall–Kier alpha value is -4.74. The Morgan fingerprint density at radius 1 is 1.00 bits per heavy atom. The number of nitrogens with zero attached hydrogens (tertiary/aromatic N) is 3. The predicted molar refractivity (Wildman–Crippen MR) is 150 cm³/mol. The lowest BCUT2D eigenvalue weighted by Gasteiger charge is -2.52. The highest BCUT2D eigenvalue weighted by molar-refractivity contribution is 6.25. The number of amides is 3. The molecule has 5 aliphatic rings. The Bertz CT molecular complexity index is 1650. The number of ether oxygens (including phenoxy) is 2. The molecule has 3 aromatic carbocycles. The molecule has 11 heteroatoms. The average molecular weight is 567 g/mol. The SMILES string of the molecule is CC1(CC(=O)N/N=C\C23c4ccccc4C(c4ccccc42)[C@H]2C(=O)N(c4ccccc4[N+](=O)[O-])C(=O)[C@@H]23)OCCO1. The predicted octanol–water partition coefficient (Wildman–Crippen LogP) is 3.40. The standard InChI is InChI=1S/C31H26N4O7/c1-30(41-14-15-42-30)16-24(36)33-32-17-31-20-10-4-2-8-18(20)25(19-9-3-5-11-21(19)31)26-27(31)29(38)34(28(26)37)22-12-6-7-13-23(22)35(39)40/h2-13,17,25-27H,14-16H2,1H3,(H,33,36)/b32-17-/t25?,26-,27-,31?/m1/s1. The first-order valence-electron chi connectivity index (χ1n) is 13.7. The summed E-state index contributed by atoms with van der Waals surface area (Å²) in [5.74, 6) is -4.75. The first-order chi connectivity index (χ1) is 20.3. The number of carbonyl (C=O) groups is 3.